The lowest BCUT2D eigenvalue weighted by atomic mass is 10.1. The Morgan fingerprint density at radius 1 is 0.759 bits per heavy atom. The molecule has 0 fully saturated rings. The van der Waals surface area contributed by atoms with Crippen molar-refractivity contribution in [3.63, 3.8) is 0 Å². The summed E-state index contributed by atoms with van der Waals surface area (Å²) >= 11 is 0. The molecule has 0 heterocycles. The molecule has 0 atom stereocenters. The van der Waals surface area contributed by atoms with Gasteiger partial charge in [0.15, 0.2) is 0 Å². The molecule has 0 aromatic heterocycles. The van der Waals surface area contributed by atoms with Crippen LogP contribution in [0.4, 0.5) is 5.69 Å². The minimum atomic E-state index is -0.118. The largest absolute Gasteiger partial charge is 0.329 e. The van der Waals surface area contributed by atoms with Crippen molar-refractivity contribution in [1.82, 2.24) is 4.90 Å². The zero-order valence-electron chi connectivity index (χ0n) is 16.9. The molecule has 4 heteroatoms. The van der Waals surface area contributed by atoms with Crippen LogP contribution in [0.15, 0.2) is 84.9 Å². The Morgan fingerprint density at radius 2 is 1.38 bits per heavy atom. The van der Waals surface area contributed by atoms with Crippen LogP contribution >= 0.6 is 0 Å². The van der Waals surface area contributed by atoms with Gasteiger partial charge >= 0.3 is 0 Å². The maximum absolute atomic E-state index is 13.3. The summed E-state index contributed by atoms with van der Waals surface area (Å²) in [6.45, 7) is 4.43. The molecule has 0 aliphatic heterocycles. The highest BCUT2D eigenvalue weighted by atomic mass is 16.2. The number of carbonyl (C=O) groups is 2. The van der Waals surface area contributed by atoms with Gasteiger partial charge in [0, 0.05) is 19.2 Å². The fourth-order valence-corrected chi connectivity index (χ4v) is 3.26. The van der Waals surface area contributed by atoms with Gasteiger partial charge in [-0.1, -0.05) is 78.4 Å². The summed E-state index contributed by atoms with van der Waals surface area (Å²) in [5.74, 6) is -0.226. The van der Waals surface area contributed by atoms with Crippen LogP contribution in [-0.4, -0.2) is 23.3 Å². The van der Waals surface area contributed by atoms with Gasteiger partial charge in [-0.25, -0.2) is 0 Å². The molecule has 3 rings (SSSR count). The van der Waals surface area contributed by atoms with Gasteiger partial charge in [-0.15, -0.1) is 0 Å². The first-order valence-electron chi connectivity index (χ1n) is 9.73. The average Bonchev–Trinajstić information content (AvgIpc) is 2.73. The predicted molar refractivity (Wildman–Crippen MR) is 116 cm³/mol. The first kappa shape index (κ1) is 20.3. The van der Waals surface area contributed by atoms with Gasteiger partial charge in [-0.05, 0) is 30.2 Å². The molecule has 0 saturated carbocycles. The number of para-hydroxylation sites is 1. The lowest BCUT2D eigenvalue weighted by Gasteiger charge is -2.27. The number of aryl methyl sites for hydroxylation is 1. The fourth-order valence-electron chi connectivity index (χ4n) is 3.26. The molecule has 0 radical (unpaired) electrons. The van der Waals surface area contributed by atoms with Gasteiger partial charge < -0.3 is 9.80 Å². The molecule has 29 heavy (non-hydrogen) atoms. The highest BCUT2D eigenvalue weighted by Gasteiger charge is 2.21. The van der Waals surface area contributed by atoms with E-state index in [1.807, 2.05) is 91.9 Å². The van der Waals surface area contributed by atoms with E-state index in [1.165, 1.54) is 6.92 Å². The van der Waals surface area contributed by atoms with Crippen LogP contribution in [-0.2, 0) is 22.7 Å². The Bertz CT molecular complexity index is 955. The van der Waals surface area contributed by atoms with Crippen molar-refractivity contribution in [2.24, 2.45) is 0 Å². The summed E-state index contributed by atoms with van der Waals surface area (Å²) in [5.41, 5.74) is 4.01. The van der Waals surface area contributed by atoms with E-state index in [0.29, 0.717) is 13.1 Å². The molecule has 148 valence electrons. The van der Waals surface area contributed by atoms with E-state index in [1.54, 1.807) is 9.80 Å². The van der Waals surface area contributed by atoms with Crippen molar-refractivity contribution in [3.8, 4) is 0 Å². The monoisotopic (exact) mass is 386 g/mol. The van der Waals surface area contributed by atoms with Crippen LogP contribution in [0.2, 0.25) is 0 Å². The zero-order valence-corrected chi connectivity index (χ0v) is 16.9. The Labute approximate surface area is 172 Å². The number of nitrogens with zero attached hydrogens (tertiary/aromatic N) is 2. The normalized spacial score (nSPS) is 10.4. The van der Waals surface area contributed by atoms with Crippen molar-refractivity contribution < 1.29 is 9.59 Å². The van der Waals surface area contributed by atoms with Crippen molar-refractivity contribution in [2.75, 3.05) is 11.4 Å². The molecule has 4 nitrogen and oxygen atoms in total. The molecule has 0 spiro atoms. The minimum absolute atomic E-state index is 0.0327. The number of benzene rings is 3. The molecule has 3 aromatic carbocycles. The summed E-state index contributed by atoms with van der Waals surface area (Å²) in [6, 6.07) is 27.5. The standard InChI is InChI=1S/C25H26N2O2/c1-20-10-9-13-23(16-20)17-26(21(2)28)19-25(29)27(24-14-7-4-8-15-24)18-22-11-5-3-6-12-22/h3-16H,17-19H2,1-2H3. The predicted octanol–water partition coefficient (Wildman–Crippen LogP) is 4.58. The number of rotatable bonds is 7. The molecular formula is C25H26N2O2. The second kappa shape index (κ2) is 9.69. The lowest BCUT2D eigenvalue weighted by molar-refractivity contribution is -0.134. The van der Waals surface area contributed by atoms with E-state index in [0.717, 1.165) is 22.4 Å². The second-order valence-corrected chi connectivity index (χ2v) is 7.17. The third-order valence-corrected chi connectivity index (χ3v) is 4.78. The van der Waals surface area contributed by atoms with Gasteiger partial charge in [0.05, 0.1) is 6.54 Å². The molecule has 0 bridgehead atoms. The fraction of sp³-hybridized carbons (Fsp3) is 0.200. The number of hydrogen-bond donors (Lipinski definition) is 0. The van der Waals surface area contributed by atoms with Crippen molar-refractivity contribution in [3.05, 3.63) is 102 Å². The third-order valence-electron chi connectivity index (χ3n) is 4.78. The number of amides is 2. The summed E-state index contributed by atoms with van der Waals surface area (Å²) in [4.78, 5) is 28.8. The number of anilines is 1. The van der Waals surface area contributed by atoms with Crippen molar-refractivity contribution in [2.45, 2.75) is 26.9 Å². The number of carbonyl (C=O) groups excluding carboxylic acids is 2. The number of hydrogen-bond acceptors (Lipinski definition) is 2. The van der Waals surface area contributed by atoms with E-state index in [9.17, 15) is 9.59 Å². The average molecular weight is 386 g/mol. The molecule has 0 N–H and O–H groups in total. The zero-order chi connectivity index (χ0) is 20.6. The Morgan fingerprint density at radius 3 is 2.00 bits per heavy atom. The third kappa shape index (κ3) is 5.79. The summed E-state index contributed by atoms with van der Waals surface area (Å²) in [6.07, 6.45) is 0. The molecular weight excluding hydrogens is 360 g/mol. The van der Waals surface area contributed by atoms with Gasteiger partial charge in [0.25, 0.3) is 0 Å². The summed E-state index contributed by atoms with van der Waals surface area (Å²) < 4.78 is 0. The van der Waals surface area contributed by atoms with E-state index in [2.05, 4.69) is 0 Å². The highest BCUT2D eigenvalue weighted by Crippen LogP contribution is 2.18. The quantitative estimate of drug-likeness (QED) is 0.596. The highest BCUT2D eigenvalue weighted by molar-refractivity contribution is 5.96. The van der Waals surface area contributed by atoms with E-state index >= 15 is 0 Å². The summed E-state index contributed by atoms with van der Waals surface area (Å²) in [7, 11) is 0. The van der Waals surface area contributed by atoms with E-state index in [-0.39, 0.29) is 18.4 Å². The van der Waals surface area contributed by atoms with Crippen LogP contribution in [0.25, 0.3) is 0 Å². The van der Waals surface area contributed by atoms with E-state index in [4.69, 9.17) is 0 Å². The Kier molecular flexibility index (Phi) is 6.80. The molecule has 2 amide bonds. The topological polar surface area (TPSA) is 40.6 Å². The molecule has 0 aliphatic carbocycles. The van der Waals surface area contributed by atoms with Gasteiger partial charge in [-0.2, -0.15) is 0 Å². The SMILES string of the molecule is CC(=O)N(CC(=O)N(Cc1ccccc1)c1ccccc1)Cc1cccc(C)c1. The Hall–Kier alpha value is -3.40. The van der Waals surface area contributed by atoms with Gasteiger partial charge in [-0.3, -0.25) is 9.59 Å². The lowest BCUT2D eigenvalue weighted by Crippen LogP contribution is -2.41. The van der Waals surface area contributed by atoms with Crippen LogP contribution in [0, 0.1) is 6.92 Å². The molecule has 0 aliphatic rings. The first-order valence-corrected chi connectivity index (χ1v) is 9.73. The van der Waals surface area contributed by atoms with Crippen LogP contribution in [0.3, 0.4) is 0 Å². The summed E-state index contributed by atoms with van der Waals surface area (Å²) in [5, 5.41) is 0. The minimum Gasteiger partial charge on any atom is -0.329 e. The van der Waals surface area contributed by atoms with Crippen molar-refractivity contribution in [1.29, 1.82) is 0 Å². The molecule has 0 saturated heterocycles. The van der Waals surface area contributed by atoms with E-state index < -0.39 is 0 Å². The Balaban J connectivity index is 1.81. The van der Waals surface area contributed by atoms with Crippen LogP contribution in [0.1, 0.15) is 23.6 Å². The van der Waals surface area contributed by atoms with Crippen LogP contribution < -0.4 is 4.90 Å². The maximum Gasteiger partial charge on any atom is 0.246 e. The maximum atomic E-state index is 13.3. The first-order chi connectivity index (χ1) is 14.0. The second-order valence-electron chi connectivity index (χ2n) is 7.17. The van der Waals surface area contributed by atoms with Gasteiger partial charge in [0.2, 0.25) is 11.8 Å². The van der Waals surface area contributed by atoms with Crippen molar-refractivity contribution >= 4 is 17.5 Å². The smallest absolute Gasteiger partial charge is 0.246 e. The van der Waals surface area contributed by atoms with Crippen LogP contribution in [0.5, 0.6) is 0 Å². The molecule has 3 aromatic rings. The van der Waals surface area contributed by atoms with Gasteiger partial charge in [0.1, 0.15) is 6.54 Å². The molecule has 0 unspecified atom stereocenters.